The monoisotopic (exact) mass is 369 g/mol. The van der Waals surface area contributed by atoms with Crippen molar-refractivity contribution in [1.82, 2.24) is 0 Å². The number of hydrogen-bond donors (Lipinski definition) is 0. The van der Waals surface area contributed by atoms with E-state index in [0.717, 1.165) is 22.4 Å². The number of benzene rings is 2. The minimum atomic E-state index is -3.24. The molecule has 1 aliphatic heterocycles. The number of sulfone groups is 1. The maximum absolute atomic E-state index is 13.0. The highest BCUT2D eigenvalue weighted by Crippen LogP contribution is 2.26. The summed E-state index contributed by atoms with van der Waals surface area (Å²) in [6, 6.07) is 15.2. The van der Waals surface area contributed by atoms with Gasteiger partial charge in [0.15, 0.2) is 9.84 Å². The second-order valence-electron chi connectivity index (χ2n) is 6.74. The van der Waals surface area contributed by atoms with Crippen molar-refractivity contribution < 1.29 is 13.2 Å². The topological polar surface area (TPSA) is 54.5 Å². The molecule has 5 heteroatoms. The zero-order valence-corrected chi connectivity index (χ0v) is 15.9. The molecule has 136 valence electrons. The maximum Gasteiger partial charge on any atom is 0.227 e. The Morgan fingerprint density at radius 3 is 2.42 bits per heavy atom. The lowest BCUT2D eigenvalue weighted by Crippen LogP contribution is -2.41. The van der Waals surface area contributed by atoms with Crippen molar-refractivity contribution in [3.63, 3.8) is 0 Å². The van der Waals surface area contributed by atoms with Crippen LogP contribution in [0.2, 0.25) is 0 Å². The lowest BCUT2D eigenvalue weighted by molar-refractivity contribution is -0.118. The number of carbonyl (C=O) groups excluding carboxylic acids is 1. The fourth-order valence-electron chi connectivity index (χ4n) is 3.13. The van der Waals surface area contributed by atoms with E-state index in [-0.39, 0.29) is 11.7 Å². The van der Waals surface area contributed by atoms with Gasteiger partial charge in [-0.3, -0.25) is 4.79 Å². The molecule has 0 fully saturated rings. The van der Waals surface area contributed by atoms with Gasteiger partial charge in [0.1, 0.15) is 0 Å². The van der Waals surface area contributed by atoms with E-state index in [9.17, 15) is 13.2 Å². The van der Waals surface area contributed by atoms with Crippen molar-refractivity contribution in [1.29, 1.82) is 0 Å². The van der Waals surface area contributed by atoms with E-state index in [4.69, 9.17) is 0 Å². The molecule has 0 bridgehead atoms. The molecule has 0 saturated heterocycles. The molecule has 1 atom stereocenters. The Labute approximate surface area is 155 Å². The highest BCUT2D eigenvalue weighted by molar-refractivity contribution is 7.94. The first-order chi connectivity index (χ1) is 12.4. The molecular weight excluding hydrogens is 346 g/mol. The van der Waals surface area contributed by atoms with E-state index in [1.807, 2.05) is 62.4 Å². The number of amides is 1. The molecule has 0 radical (unpaired) electrons. The van der Waals surface area contributed by atoms with Crippen LogP contribution in [0.25, 0.3) is 0 Å². The van der Waals surface area contributed by atoms with Gasteiger partial charge in [0, 0.05) is 17.5 Å². The Hall–Kier alpha value is -2.40. The molecule has 0 saturated carbocycles. The predicted molar refractivity (Wildman–Crippen MR) is 105 cm³/mol. The average Bonchev–Trinajstić information content (AvgIpc) is 2.97. The number of carbonyl (C=O) groups is 1. The van der Waals surface area contributed by atoms with Crippen LogP contribution in [0.15, 0.2) is 60.0 Å². The zero-order valence-electron chi connectivity index (χ0n) is 15.1. The molecular formula is C21H23NO3S. The van der Waals surface area contributed by atoms with Gasteiger partial charge in [-0.2, -0.15) is 0 Å². The molecule has 0 N–H and O–H groups in total. The Morgan fingerprint density at radius 1 is 1.08 bits per heavy atom. The van der Waals surface area contributed by atoms with Crippen LogP contribution in [0.3, 0.4) is 0 Å². The van der Waals surface area contributed by atoms with E-state index in [2.05, 4.69) is 0 Å². The SMILES string of the molecule is Cc1ccc(N(C(=O)CCc2ccccc2)[C@H]2C=CS(=O)(=O)C2)cc1C. The van der Waals surface area contributed by atoms with E-state index < -0.39 is 15.9 Å². The summed E-state index contributed by atoms with van der Waals surface area (Å²) in [5.74, 6) is -0.124. The molecule has 26 heavy (non-hydrogen) atoms. The third kappa shape index (κ3) is 4.22. The van der Waals surface area contributed by atoms with Gasteiger partial charge in [-0.25, -0.2) is 8.42 Å². The second-order valence-corrected chi connectivity index (χ2v) is 8.67. The van der Waals surface area contributed by atoms with Crippen molar-refractivity contribution in [3.8, 4) is 0 Å². The van der Waals surface area contributed by atoms with Crippen molar-refractivity contribution in [3.05, 3.63) is 76.7 Å². The van der Waals surface area contributed by atoms with Crippen LogP contribution >= 0.6 is 0 Å². The van der Waals surface area contributed by atoms with Gasteiger partial charge in [0.2, 0.25) is 5.91 Å². The minimum Gasteiger partial charge on any atom is -0.304 e. The van der Waals surface area contributed by atoms with Gasteiger partial charge in [-0.1, -0.05) is 36.4 Å². The minimum absolute atomic E-state index is 0.0585. The molecule has 2 aromatic rings. The first-order valence-electron chi connectivity index (χ1n) is 8.70. The third-order valence-electron chi connectivity index (χ3n) is 4.75. The quantitative estimate of drug-likeness (QED) is 0.809. The predicted octanol–water partition coefficient (Wildman–Crippen LogP) is 3.58. The second kappa shape index (κ2) is 7.46. The van der Waals surface area contributed by atoms with Crippen LogP contribution in [-0.2, 0) is 21.1 Å². The number of nitrogens with zero attached hydrogens (tertiary/aromatic N) is 1. The molecule has 1 heterocycles. The Kier molecular flexibility index (Phi) is 5.28. The summed E-state index contributed by atoms with van der Waals surface area (Å²) in [6.07, 6.45) is 2.58. The van der Waals surface area contributed by atoms with Gasteiger partial charge in [-0.05, 0) is 55.2 Å². The maximum atomic E-state index is 13.0. The number of aryl methyl sites for hydroxylation is 3. The van der Waals surface area contributed by atoms with Gasteiger partial charge in [-0.15, -0.1) is 0 Å². The molecule has 0 unspecified atom stereocenters. The van der Waals surface area contributed by atoms with Crippen molar-refractivity contribution in [2.75, 3.05) is 10.7 Å². The Bertz CT molecular complexity index is 933. The third-order valence-corrected chi connectivity index (χ3v) is 6.13. The fraction of sp³-hybridized carbons (Fsp3) is 0.286. The van der Waals surface area contributed by atoms with Crippen LogP contribution in [0, 0.1) is 13.8 Å². The standard InChI is InChI=1S/C21H23NO3S/c1-16-8-10-19(14-17(16)2)22(20-12-13-26(24,25)15-20)21(23)11-9-18-6-4-3-5-7-18/h3-8,10,12-14,20H,9,11,15H2,1-2H3/t20-/m0/s1. The first kappa shape index (κ1) is 18.4. The number of hydrogen-bond acceptors (Lipinski definition) is 3. The average molecular weight is 369 g/mol. The van der Waals surface area contributed by atoms with Gasteiger partial charge < -0.3 is 4.90 Å². The van der Waals surface area contributed by atoms with E-state index in [1.54, 1.807) is 11.0 Å². The smallest absolute Gasteiger partial charge is 0.227 e. The molecule has 1 amide bonds. The molecule has 2 aromatic carbocycles. The zero-order chi connectivity index (χ0) is 18.7. The van der Waals surface area contributed by atoms with Crippen LogP contribution in [0.1, 0.15) is 23.1 Å². The van der Waals surface area contributed by atoms with Crippen molar-refractivity contribution >= 4 is 21.4 Å². The summed E-state index contributed by atoms with van der Waals surface area (Å²) in [7, 11) is -3.24. The van der Waals surface area contributed by atoms with Crippen LogP contribution < -0.4 is 4.90 Å². The lowest BCUT2D eigenvalue weighted by Gasteiger charge is -2.28. The number of rotatable bonds is 5. The summed E-state index contributed by atoms with van der Waals surface area (Å²) >= 11 is 0. The Morgan fingerprint density at radius 2 is 1.81 bits per heavy atom. The molecule has 0 aromatic heterocycles. The summed E-state index contributed by atoms with van der Waals surface area (Å²) in [5, 5.41) is 1.22. The number of anilines is 1. The highest BCUT2D eigenvalue weighted by atomic mass is 32.2. The summed E-state index contributed by atoms with van der Waals surface area (Å²) < 4.78 is 23.7. The summed E-state index contributed by atoms with van der Waals surface area (Å²) in [5.41, 5.74) is 4.06. The lowest BCUT2D eigenvalue weighted by atomic mass is 10.1. The fourth-order valence-corrected chi connectivity index (χ4v) is 4.40. The van der Waals surface area contributed by atoms with E-state index >= 15 is 0 Å². The van der Waals surface area contributed by atoms with E-state index in [1.165, 1.54) is 5.41 Å². The summed E-state index contributed by atoms with van der Waals surface area (Å²) in [6.45, 7) is 4.01. The Balaban J connectivity index is 1.86. The first-order valence-corrected chi connectivity index (χ1v) is 10.4. The van der Waals surface area contributed by atoms with Crippen molar-refractivity contribution in [2.45, 2.75) is 32.7 Å². The van der Waals surface area contributed by atoms with E-state index in [0.29, 0.717) is 12.8 Å². The molecule has 0 spiro atoms. The van der Waals surface area contributed by atoms with Crippen LogP contribution in [0.4, 0.5) is 5.69 Å². The molecule has 0 aliphatic carbocycles. The van der Waals surface area contributed by atoms with Gasteiger partial charge >= 0.3 is 0 Å². The van der Waals surface area contributed by atoms with Crippen LogP contribution in [-0.4, -0.2) is 26.1 Å². The normalized spacial score (nSPS) is 18.0. The largest absolute Gasteiger partial charge is 0.304 e. The van der Waals surface area contributed by atoms with Gasteiger partial charge in [0.25, 0.3) is 0 Å². The van der Waals surface area contributed by atoms with Crippen molar-refractivity contribution in [2.24, 2.45) is 0 Å². The summed E-state index contributed by atoms with van der Waals surface area (Å²) in [4.78, 5) is 14.6. The molecule has 4 nitrogen and oxygen atoms in total. The molecule has 1 aliphatic rings. The van der Waals surface area contributed by atoms with Crippen LogP contribution in [0.5, 0.6) is 0 Å². The molecule has 3 rings (SSSR count). The highest BCUT2D eigenvalue weighted by Gasteiger charge is 2.31. The van der Waals surface area contributed by atoms with Gasteiger partial charge in [0.05, 0.1) is 11.8 Å².